The molecule has 0 bridgehead atoms. The van der Waals surface area contributed by atoms with Crippen LogP contribution in [-0.4, -0.2) is 49.6 Å². The highest BCUT2D eigenvalue weighted by Gasteiger charge is 2.31. The molecule has 2 heterocycles. The van der Waals surface area contributed by atoms with Crippen LogP contribution in [0.15, 0.2) is 24.3 Å². The number of ether oxygens (including phenoxy) is 1. The lowest BCUT2D eigenvalue weighted by molar-refractivity contribution is -0.132. The monoisotopic (exact) mass is 288 g/mol. The van der Waals surface area contributed by atoms with Crippen LogP contribution in [0.5, 0.6) is 0 Å². The fourth-order valence-corrected chi connectivity index (χ4v) is 3.07. The van der Waals surface area contributed by atoms with Crippen molar-refractivity contribution in [3.8, 4) is 0 Å². The smallest absolute Gasteiger partial charge is 0.246 e. The van der Waals surface area contributed by atoms with Crippen LogP contribution in [0.4, 0.5) is 5.69 Å². The van der Waals surface area contributed by atoms with E-state index in [4.69, 9.17) is 4.74 Å². The average Bonchev–Trinajstić information content (AvgIpc) is 2.91. The number of carbonyl (C=O) groups excluding carboxylic acids is 2. The number of hydrogen-bond donors (Lipinski definition) is 0. The Bertz CT molecular complexity index is 558. The predicted octanol–water partition coefficient (Wildman–Crippen LogP) is 1.21. The highest BCUT2D eigenvalue weighted by atomic mass is 16.5. The first-order chi connectivity index (χ1) is 10.2. The number of fused-ring (bicyclic) bond motifs is 1. The maximum atomic E-state index is 12.6. The second-order valence-corrected chi connectivity index (χ2v) is 5.61. The minimum absolute atomic E-state index is 0.0122. The van der Waals surface area contributed by atoms with Crippen LogP contribution in [0.1, 0.15) is 18.4 Å². The Morgan fingerprint density at radius 3 is 2.90 bits per heavy atom. The van der Waals surface area contributed by atoms with Gasteiger partial charge in [0, 0.05) is 32.2 Å². The highest BCUT2D eigenvalue weighted by molar-refractivity contribution is 5.98. The highest BCUT2D eigenvalue weighted by Crippen LogP contribution is 2.28. The second kappa shape index (κ2) is 5.85. The van der Waals surface area contributed by atoms with E-state index in [-0.39, 0.29) is 24.5 Å². The first kappa shape index (κ1) is 14.1. The van der Waals surface area contributed by atoms with Crippen LogP contribution in [0.25, 0.3) is 0 Å². The van der Waals surface area contributed by atoms with E-state index in [9.17, 15) is 9.59 Å². The fourth-order valence-electron chi connectivity index (χ4n) is 3.07. The van der Waals surface area contributed by atoms with Crippen molar-refractivity contribution in [1.29, 1.82) is 0 Å². The lowest BCUT2D eigenvalue weighted by Crippen LogP contribution is -2.47. The molecule has 1 aromatic rings. The van der Waals surface area contributed by atoms with Crippen LogP contribution in [-0.2, 0) is 20.7 Å². The van der Waals surface area contributed by atoms with Gasteiger partial charge >= 0.3 is 0 Å². The lowest BCUT2D eigenvalue weighted by atomic mass is 9.99. The third-order valence-corrected chi connectivity index (χ3v) is 4.25. The van der Waals surface area contributed by atoms with Gasteiger partial charge in [-0.05, 0) is 18.1 Å². The number of para-hydroxylation sites is 1. The number of methoxy groups -OCH3 is 1. The van der Waals surface area contributed by atoms with Gasteiger partial charge in [-0.2, -0.15) is 0 Å². The number of amides is 2. The van der Waals surface area contributed by atoms with Gasteiger partial charge in [0.1, 0.15) is 6.54 Å². The molecule has 1 atom stereocenters. The Morgan fingerprint density at radius 1 is 1.38 bits per heavy atom. The molecule has 1 fully saturated rings. The summed E-state index contributed by atoms with van der Waals surface area (Å²) >= 11 is 0. The van der Waals surface area contributed by atoms with Crippen molar-refractivity contribution >= 4 is 17.5 Å². The van der Waals surface area contributed by atoms with Crippen LogP contribution in [0.2, 0.25) is 0 Å². The van der Waals surface area contributed by atoms with Crippen LogP contribution >= 0.6 is 0 Å². The SMILES string of the molecule is COC1Cc2ccccc2N(C(=O)CN2CCCC2=O)C1. The Labute approximate surface area is 124 Å². The van der Waals surface area contributed by atoms with E-state index in [0.717, 1.165) is 24.1 Å². The summed E-state index contributed by atoms with van der Waals surface area (Å²) in [7, 11) is 1.67. The van der Waals surface area contributed by atoms with Gasteiger partial charge in [-0.1, -0.05) is 18.2 Å². The van der Waals surface area contributed by atoms with Gasteiger partial charge in [-0.15, -0.1) is 0 Å². The molecule has 2 aliphatic rings. The number of rotatable bonds is 3. The van der Waals surface area contributed by atoms with Gasteiger partial charge in [0.15, 0.2) is 0 Å². The van der Waals surface area contributed by atoms with Gasteiger partial charge < -0.3 is 14.5 Å². The van der Waals surface area contributed by atoms with E-state index >= 15 is 0 Å². The summed E-state index contributed by atoms with van der Waals surface area (Å²) in [6, 6.07) is 7.91. The van der Waals surface area contributed by atoms with Crippen LogP contribution in [0, 0.1) is 0 Å². The molecule has 0 spiro atoms. The number of benzene rings is 1. The van der Waals surface area contributed by atoms with Crippen molar-refractivity contribution in [3.63, 3.8) is 0 Å². The molecule has 0 aliphatic carbocycles. The summed E-state index contributed by atoms with van der Waals surface area (Å²) in [6.45, 7) is 1.41. The van der Waals surface area contributed by atoms with Gasteiger partial charge in [0.05, 0.1) is 12.6 Å². The van der Waals surface area contributed by atoms with E-state index in [2.05, 4.69) is 0 Å². The normalized spacial score (nSPS) is 21.6. The van der Waals surface area contributed by atoms with Gasteiger partial charge in [-0.3, -0.25) is 9.59 Å². The quantitative estimate of drug-likeness (QED) is 0.840. The van der Waals surface area contributed by atoms with Crippen molar-refractivity contribution in [3.05, 3.63) is 29.8 Å². The third-order valence-electron chi connectivity index (χ3n) is 4.25. The van der Waals surface area contributed by atoms with Crippen molar-refractivity contribution < 1.29 is 14.3 Å². The minimum atomic E-state index is -0.0283. The molecule has 0 radical (unpaired) electrons. The standard InChI is InChI=1S/C16H20N2O3/c1-21-13-9-12-5-2-3-6-14(12)18(10-13)16(20)11-17-8-4-7-15(17)19/h2-3,5-6,13H,4,7-11H2,1H3. The van der Waals surface area contributed by atoms with Gasteiger partial charge in [0.2, 0.25) is 11.8 Å². The minimum Gasteiger partial charge on any atom is -0.379 e. The molecule has 2 aliphatic heterocycles. The van der Waals surface area contributed by atoms with Crippen molar-refractivity contribution in [1.82, 2.24) is 4.90 Å². The summed E-state index contributed by atoms with van der Waals surface area (Å²) in [5, 5.41) is 0. The van der Waals surface area contributed by atoms with E-state index in [1.54, 1.807) is 16.9 Å². The molecule has 0 N–H and O–H groups in total. The Hall–Kier alpha value is -1.88. The second-order valence-electron chi connectivity index (χ2n) is 5.61. The molecule has 0 saturated carbocycles. The lowest BCUT2D eigenvalue weighted by Gasteiger charge is -2.34. The zero-order valence-electron chi connectivity index (χ0n) is 12.2. The molecule has 5 nitrogen and oxygen atoms in total. The Morgan fingerprint density at radius 2 is 2.19 bits per heavy atom. The van der Waals surface area contributed by atoms with E-state index in [1.165, 1.54) is 0 Å². The molecular weight excluding hydrogens is 268 g/mol. The number of nitrogens with zero attached hydrogens (tertiary/aromatic N) is 2. The molecule has 112 valence electrons. The molecule has 21 heavy (non-hydrogen) atoms. The molecule has 1 saturated heterocycles. The molecule has 2 amide bonds. The Kier molecular flexibility index (Phi) is 3.92. The maximum absolute atomic E-state index is 12.6. The topological polar surface area (TPSA) is 49.9 Å². The number of likely N-dealkylation sites (tertiary alicyclic amines) is 1. The summed E-state index contributed by atoms with van der Waals surface area (Å²) in [5.74, 6) is 0.0522. The zero-order chi connectivity index (χ0) is 14.8. The van der Waals surface area contributed by atoms with Crippen molar-refractivity contribution in [2.45, 2.75) is 25.4 Å². The largest absolute Gasteiger partial charge is 0.379 e. The fraction of sp³-hybridized carbons (Fsp3) is 0.500. The molecule has 0 aromatic heterocycles. The van der Waals surface area contributed by atoms with E-state index in [1.807, 2.05) is 24.3 Å². The number of hydrogen-bond acceptors (Lipinski definition) is 3. The number of carbonyl (C=O) groups is 2. The van der Waals surface area contributed by atoms with Crippen molar-refractivity contribution in [2.24, 2.45) is 0 Å². The molecule has 1 unspecified atom stereocenters. The average molecular weight is 288 g/mol. The molecule has 5 heteroatoms. The summed E-state index contributed by atoms with van der Waals surface area (Å²) in [5.41, 5.74) is 2.07. The molecule has 1 aromatic carbocycles. The van der Waals surface area contributed by atoms with Crippen LogP contribution < -0.4 is 4.90 Å². The van der Waals surface area contributed by atoms with E-state index in [0.29, 0.717) is 19.5 Å². The summed E-state index contributed by atoms with van der Waals surface area (Å²) in [4.78, 5) is 27.7. The van der Waals surface area contributed by atoms with Gasteiger partial charge in [-0.25, -0.2) is 0 Å². The van der Waals surface area contributed by atoms with Gasteiger partial charge in [0.25, 0.3) is 0 Å². The Balaban J connectivity index is 1.80. The van der Waals surface area contributed by atoms with Crippen molar-refractivity contribution in [2.75, 3.05) is 31.6 Å². The first-order valence-corrected chi connectivity index (χ1v) is 7.38. The zero-order valence-corrected chi connectivity index (χ0v) is 12.2. The predicted molar refractivity (Wildman–Crippen MR) is 79.1 cm³/mol. The first-order valence-electron chi connectivity index (χ1n) is 7.38. The third kappa shape index (κ3) is 2.78. The molecule has 3 rings (SSSR count). The van der Waals surface area contributed by atoms with Crippen LogP contribution in [0.3, 0.4) is 0 Å². The summed E-state index contributed by atoms with van der Waals surface area (Å²) in [6.07, 6.45) is 2.24. The molecular formula is C16H20N2O3. The number of anilines is 1. The van der Waals surface area contributed by atoms with E-state index < -0.39 is 0 Å². The maximum Gasteiger partial charge on any atom is 0.246 e. The summed E-state index contributed by atoms with van der Waals surface area (Å²) < 4.78 is 5.45.